The Morgan fingerprint density at radius 3 is 2.73 bits per heavy atom. The number of benzene rings is 1. The van der Waals surface area contributed by atoms with Crippen LogP contribution in [-0.2, 0) is 9.59 Å². The maximum absolute atomic E-state index is 13.8. The van der Waals surface area contributed by atoms with Gasteiger partial charge in [-0.2, -0.15) is 5.26 Å². The van der Waals surface area contributed by atoms with Gasteiger partial charge >= 0.3 is 0 Å². The summed E-state index contributed by atoms with van der Waals surface area (Å²) in [7, 11) is 1.56. The van der Waals surface area contributed by atoms with Crippen molar-refractivity contribution in [1.29, 1.82) is 5.26 Å². The summed E-state index contributed by atoms with van der Waals surface area (Å²) >= 11 is 6.41. The molecule has 196 valence electrons. The average Bonchev–Trinajstić information content (AvgIpc) is 3.61. The Morgan fingerprint density at radius 1 is 1.27 bits per heavy atom. The van der Waals surface area contributed by atoms with Crippen molar-refractivity contribution in [3.8, 4) is 11.8 Å². The zero-order valence-corrected chi connectivity index (χ0v) is 21.9. The molecule has 9 heteroatoms. The van der Waals surface area contributed by atoms with E-state index in [1.807, 2.05) is 6.07 Å². The number of fused-ring (bicyclic) bond motifs is 1. The van der Waals surface area contributed by atoms with Gasteiger partial charge in [0.1, 0.15) is 29.3 Å². The number of carbonyl (C=O) groups is 3. The van der Waals surface area contributed by atoms with E-state index in [0.717, 1.165) is 43.9 Å². The topological polar surface area (TPSA) is 115 Å². The number of hydrogen-bond donors (Lipinski definition) is 2. The van der Waals surface area contributed by atoms with E-state index in [2.05, 4.69) is 16.4 Å². The highest BCUT2D eigenvalue weighted by molar-refractivity contribution is 6.35. The monoisotopic (exact) mass is 524 g/mol. The number of aromatic amines is 1. The number of Topliss-reactive ketones (excluding diaryl/α,β-unsaturated/α-hetero) is 1. The highest BCUT2D eigenvalue weighted by Crippen LogP contribution is 2.47. The number of halogens is 1. The SMILES string of the molecule is COc1cc(Cl)c2[nH]c(C(=O)N3CC4(CCCCC4)CC3C(=O)N[C@H](C#N)C[C@@H]3CCCC3=O)cc2c1. The molecule has 2 amide bonds. The van der Waals surface area contributed by atoms with Crippen LogP contribution in [-0.4, -0.2) is 53.2 Å². The minimum Gasteiger partial charge on any atom is -0.497 e. The number of nitriles is 1. The second-order valence-electron chi connectivity index (χ2n) is 11.0. The van der Waals surface area contributed by atoms with E-state index in [0.29, 0.717) is 47.8 Å². The number of ether oxygens (including phenoxy) is 1. The molecule has 1 aliphatic heterocycles. The van der Waals surface area contributed by atoms with Crippen molar-refractivity contribution in [3.63, 3.8) is 0 Å². The predicted molar refractivity (Wildman–Crippen MR) is 139 cm³/mol. The van der Waals surface area contributed by atoms with Crippen LogP contribution in [0.1, 0.15) is 74.7 Å². The Kier molecular flexibility index (Phi) is 7.17. The molecule has 3 atom stereocenters. The third-order valence-electron chi connectivity index (χ3n) is 8.53. The molecule has 1 unspecified atom stereocenters. The largest absolute Gasteiger partial charge is 0.497 e. The number of ketones is 1. The molecule has 1 aromatic heterocycles. The maximum atomic E-state index is 13.8. The molecule has 2 aliphatic carbocycles. The molecule has 2 heterocycles. The Morgan fingerprint density at radius 2 is 2.05 bits per heavy atom. The van der Waals surface area contributed by atoms with Crippen molar-refractivity contribution < 1.29 is 19.1 Å². The Bertz CT molecular complexity index is 1260. The predicted octanol–water partition coefficient (Wildman–Crippen LogP) is 4.76. The van der Waals surface area contributed by atoms with Gasteiger partial charge in [0, 0.05) is 30.3 Å². The molecule has 1 aromatic carbocycles. The second-order valence-corrected chi connectivity index (χ2v) is 11.4. The number of nitrogens with one attached hydrogen (secondary N) is 2. The number of aromatic nitrogens is 1. The third kappa shape index (κ3) is 5.06. The number of hydrogen-bond acceptors (Lipinski definition) is 5. The average molecular weight is 525 g/mol. The fraction of sp³-hybridized carbons (Fsp3) is 0.571. The van der Waals surface area contributed by atoms with Crippen molar-refractivity contribution in [3.05, 3.63) is 28.9 Å². The Labute approximate surface area is 221 Å². The zero-order chi connectivity index (χ0) is 26.2. The van der Waals surface area contributed by atoms with Gasteiger partial charge in [-0.05, 0) is 56.1 Å². The van der Waals surface area contributed by atoms with E-state index in [9.17, 15) is 19.6 Å². The lowest BCUT2D eigenvalue weighted by molar-refractivity contribution is -0.126. The minimum absolute atomic E-state index is 0.0909. The Balaban J connectivity index is 1.39. The lowest BCUT2D eigenvalue weighted by atomic mass is 9.72. The van der Waals surface area contributed by atoms with Gasteiger partial charge in [0.2, 0.25) is 5.91 Å². The molecule has 2 saturated carbocycles. The van der Waals surface area contributed by atoms with Gasteiger partial charge in [-0.3, -0.25) is 14.4 Å². The van der Waals surface area contributed by atoms with E-state index in [4.69, 9.17) is 16.3 Å². The first kappa shape index (κ1) is 25.6. The smallest absolute Gasteiger partial charge is 0.271 e. The van der Waals surface area contributed by atoms with Crippen LogP contribution < -0.4 is 10.1 Å². The highest BCUT2D eigenvalue weighted by atomic mass is 35.5. The Hall–Kier alpha value is -3.05. The standard InChI is InChI=1S/C28H33ClN4O4/c1-37-20-11-18-12-22(32-25(18)21(29)13-20)27(36)33-16-28(8-3-2-4-9-28)14-23(33)26(35)31-19(15-30)10-17-6-5-7-24(17)34/h11-13,17,19,23,32H,2-10,14,16H2,1H3,(H,31,35)/t17-,19-,23?/m0/s1. The first-order valence-corrected chi connectivity index (χ1v) is 13.6. The molecule has 8 nitrogen and oxygen atoms in total. The molecule has 3 fully saturated rings. The summed E-state index contributed by atoms with van der Waals surface area (Å²) in [5.41, 5.74) is 0.917. The van der Waals surface area contributed by atoms with Gasteiger partial charge in [-0.25, -0.2) is 0 Å². The first-order chi connectivity index (χ1) is 17.8. The van der Waals surface area contributed by atoms with Crippen molar-refractivity contribution in [2.24, 2.45) is 11.3 Å². The van der Waals surface area contributed by atoms with Crippen LogP contribution in [0.4, 0.5) is 0 Å². The summed E-state index contributed by atoms with van der Waals surface area (Å²) in [4.78, 5) is 44.3. The molecule has 0 radical (unpaired) electrons. The fourth-order valence-corrected chi connectivity index (χ4v) is 6.83. The highest BCUT2D eigenvalue weighted by Gasteiger charge is 2.49. The van der Waals surface area contributed by atoms with Crippen molar-refractivity contribution >= 4 is 40.1 Å². The van der Waals surface area contributed by atoms with Crippen molar-refractivity contribution in [1.82, 2.24) is 15.2 Å². The van der Waals surface area contributed by atoms with Crippen LogP contribution in [0, 0.1) is 22.7 Å². The van der Waals surface area contributed by atoms with Gasteiger partial charge in [0.25, 0.3) is 5.91 Å². The number of methoxy groups -OCH3 is 1. The summed E-state index contributed by atoms with van der Waals surface area (Å²) in [6.07, 6.45) is 8.36. The normalized spacial score (nSPS) is 23.8. The minimum atomic E-state index is -0.751. The van der Waals surface area contributed by atoms with Crippen LogP contribution in [0.15, 0.2) is 18.2 Å². The van der Waals surface area contributed by atoms with Crippen molar-refractivity contribution in [2.45, 2.75) is 76.3 Å². The van der Waals surface area contributed by atoms with Crippen molar-refractivity contribution in [2.75, 3.05) is 13.7 Å². The molecule has 2 N–H and O–H groups in total. The lowest BCUT2D eigenvalue weighted by Crippen LogP contribution is -2.49. The summed E-state index contributed by atoms with van der Waals surface area (Å²) < 4.78 is 5.30. The van der Waals surface area contributed by atoms with E-state index < -0.39 is 12.1 Å². The lowest BCUT2D eigenvalue weighted by Gasteiger charge is -2.32. The number of carbonyl (C=O) groups excluding carboxylic acids is 3. The summed E-state index contributed by atoms with van der Waals surface area (Å²) in [6.45, 7) is 0.509. The number of amides is 2. The molecule has 5 rings (SSSR count). The molecular weight excluding hydrogens is 492 g/mol. The quantitative estimate of drug-likeness (QED) is 0.565. The first-order valence-electron chi connectivity index (χ1n) is 13.2. The van der Waals surface area contributed by atoms with E-state index >= 15 is 0 Å². The van der Waals surface area contributed by atoms with Crippen LogP contribution in [0.2, 0.25) is 5.02 Å². The second kappa shape index (κ2) is 10.4. The number of nitrogens with zero attached hydrogens (tertiary/aromatic N) is 2. The van der Waals surface area contributed by atoms with E-state index in [-0.39, 0.29) is 28.9 Å². The van der Waals surface area contributed by atoms with Gasteiger partial charge < -0.3 is 19.9 Å². The molecule has 3 aliphatic rings. The molecule has 1 saturated heterocycles. The van der Waals surface area contributed by atoms with E-state index in [1.54, 1.807) is 24.1 Å². The van der Waals surface area contributed by atoms with Crippen LogP contribution in [0.5, 0.6) is 5.75 Å². The van der Waals surface area contributed by atoms with E-state index in [1.165, 1.54) is 6.42 Å². The van der Waals surface area contributed by atoms with Crippen LogP contribution in [0.25, 0.3) is 10.9 Å². The maximum Gasteiger partial charge on any atom is 0.271 e. The molecule has 0 bridgehead atoms. The van der Waals surface area contributed by atoms with Crippen LogP contribution in [0.3, 0.4) is 0 Å². The summed E-state index contributed by atoms with van der Waals surface area (Å²) in [5.74, 6) is 0.0155. The number of H-pyrrole nitrogens is 1. The fourth-order valence-electron chi connectivity index (χ4n) is 6.56. The third-order valence-corrected chi connectivity index (χ3v) is 8.83. The molecule has 1 spiro atoms. The molecular formula is C28H33ClN4O4. The van der Waals surface area contributed by atoms with Gasteiger partial charge in [0.05, 0.1) is 23.7 Å². The zero-order valence-electron chi connectivity index (χ0n) is 21.1. The number of likely N-dealkylation sites (tertiary alicyclic amines) is 1. The van der Waals surface area contributed by atoms with Gasteiger partial charge in [0.15, 0.2) is 0 Å². The summed E-state index contributed by atoms with van der Waals surface area (Å²) in [6, 6.07) is 5.99. The molecule has 2 aromatic rings. The van der Waals surface area contributed by atoms with Crippen LogP contribution >= 0.6 is 11.6 Å². The number of rotatable bonds is 6. The molecule has 37 heavy (non-hydrogen) atoms. The summed E-state index contributed by atoms with van der Waals surface area (Å²) in [5, 5.41) is 13.8. The van der Waals surface area contributed by atoms with Gasteiger partial charge in [-0.15, -0.1) is 0 Å². The van der Waals surface area contributed by atoms with Gasteiger partial charge in [-0.1, -0.05) is 30.9 Å².